The first-order chi connectivity index (χ1) is 13.1. The molecule has 0 bridgehead atoms. The highest BCUT2D eigenvalue weighted by atomic mass is 16.5. The number of carbonyl (C=O) groups excluding carboxylic acids is 1. The number of hydrogen-bond donors (Lipinski definition) is 1. The van der Waals surface area contributed by atoms with E-state index in [0.717, 1.165) is 31.4 Å². The molecule has 2 atom stereocenters. The fourth-order valence-electron chi connectivity index (χ4n) is 3.06. The number of allylic oxidation sites excluding steroid dienone is 2. The van der Waals surface area contributed by atoms with Gasteiger partial charge in [-0.15, -0.1) is 0 Å². The molecule has 5 nitrogen and oxygen atoms in total. The van der Waals surface area contributed by atoms with E-state index in [9.17, 15) is 9.59 Å². The molecule has 0 spiro atoms. The number of rotatable bonds is 3. The summed E-state index contributed by atoms with van der Waals surface area (Å²) in [5.74, 6) is 0.940. The summed E-state index contributed by atoms with van der Waals surface area (Å²) in [5.41, 5.74) is 0.687. The number of amides is 1. The Hall–Kier alpha value is -2.30. The number of pyridine rings is 1. The smallest absolute Gasteiger partial charge is 0.253 e. The maximum Gasteiger partial charge on any atom is 0.253 e. The van der Waals surface area contributed by atoms with Gasteiger partial charge in [-0.3, -0.25) is 9.59 Å². The number of carbonyl (C=O) groups is 1. The van der Waals surface area contributed by atoms with Crippen LogP contribution in [0.2, 0.25) is 0 Å². The first kappa shape index (κ1) is 22.7. The van der Waals surface area contributed by atoms with Gasteiger partial charge >= 0.3 is 0 Å². The summed E-state index contributed by atoms with van der Waals surface area (Å²) in [6, 6.07) is 2.89. The summed E-state index contributed by atoms with van der Waals surface area (Å²) in [7, 11) is 0. The molecule has 1 aromatic heterocycles. The lowest BCUT2D eigenvalue weighted by Gasteiger charge is -2.33. The molecule has 2 heterocycles. The van der Waals surface area contributed by atoms with E-state index in [1.807, 2.05) is 44.7 Å². The molecule has 3 rings (SSSR count). The number of nitrogens with one attached hydrogen (secondary N) is 1. The third-order valence-electron chi connectivity index (χ3n) is 4.22. The summed E-state index contributed by atoms with van der Waals surface area (Å²) in [6.07, 6.45) is 10.3. The number of aromatic nitrogens is 1. The van der Waals surface area contributed by atoms with Crippen LogP contribution in [-0.2, 0) is 4.79 Å². The molecule has 0 aromatic carbocycles. The Bertz CT molecular complexity index is 691. The molecule has 150 valence electrons. The minimum absolute atomic E-state index is 0.0719. The third-order valence-corrected chi connectivity index (χ3v) is 4.22. The van der Waals surface area contributed by atoms with Gasteiger partial charge in [0.1, 0.15) is 6.10 Å². The van der Waals surface area contributed by atoms with Crippen molar-refractivity contribution in [3.8, 4) is 5.88 Å². The molecule has 1 aliphatic carbocycles. The average molecular weight is 375 g/mol. The van der Waals surface area contributed by atoms with Crippen LogP contribution in [0.5, 0.6) is 5.88 Å². The zero-order valence-corrected chi connectivity index (χ0v) is 17.3. The van der Waals surface area contributed by atoms with Crippen LogP contribution in [0, 0.1) is 5.92 Å². The SMILES string of the molecule is CC.CC.CC1C=C(C(=O)N2CCC[C@@H](Oc3cc(=O)cc[nH]3)C2)C=CC1. The van der Waals surface area contributed by atoms with Crippen molar-refractivity contribution in [1.29, 1.82) is 0 Å². The summed E-state index contributed by atoms with van der Waals surface area (Å²) >= 11 is 0. The minimum atomic E-state index is -0.0889. The minimum Gasteiger partial charge on any atom is -0.474 e. The van der Waals surface area contributed by atoms with E-state index in [4.69, 9.17) is 4.74 Å². The quantitative estimate of drug-likeness (QED) is 0.857. The van der Waals surface area contributed by atoms with Crippen molar-refractivity contribution in [3.63, 3.8) is 0 Å². The van der Waals surface area contributed by atoms with E-state index in [1.54, 1.807) is 6.20 Å². The molecule has 5 heteroatoms. The first-order valence-electron chi connectivity index (χ1n) is 10.1. The number of nitrogens with zero attached hydrogens (tertiary/aromatic N) is 1. The van der Waals surface area contributed by atoms with Gasteiger partial charge < -0.3 is 14.6 Å². The molecule has 1 aliphatic heterocycles. The van der Waals surface area contributed by atoms with Gasteiger partial charge in [-0.1, -0.05) is 52.8 Å². The van der Waals surface area contributed by atoms with Crippen molar-refractivity contribution in [2.24, 2.45) is 5.92 Å². The summed E-state index contributed by atoms with van der Waals surface area (Å²) in [5, 5.41) is 0. The Morgan fingerprint density at radius 3 is 2.67 bits per heavy atom. The normalized spacial score (nSPS) is 21.1. The van der Waals surface area contributed by atoms with Crippen molar-refractivity contribution < 1.29 is 9.53 Å². The molecule has 2 aliphatic rings. The average Bonchev–Trinajstić information content (AvgIpc) is 2.71. The van der Waals surface area contributed by atoms with Crippen molar-refractivity contribution in [3.05, 3.63) is 52.4 Å². The predicted molar refractivity (Wildman–Crippen MR) is 111 cm³/mol. The lowest BCUT2D eigenvalue weighted by Crippen LogP contribution is -2.45. The molecular weight excluding hydrogens is 340 g/mol. The standard InChI is InChI=1S/C18H22N2O3.2C2H6/c1-13-4-2-5-14(10-13)18(22)20-9-3-6-16(12-20)23-17-11-15(21)7-8-19-17;2*1-2/h2,5,7-8,10-11,13,16H,3-4,6,9,12H2,1H3,(H,19,21);2*1-2H3/t13?,16-;;/m1../s1. The summed E-state index contributed by atoms with van der Waals surface area (Å²) in [4.78, 5) is 28.8. The number of aromatic amines is 1. The van der Waals surface area contributed by atoms with E-state index >= 15 is 0 Å². The first-order valence-corrected chi connectivity index (χ1v) is 10.1. The molecule has 27 heavy (non-hydrogen) atoms. The van der Waals surface area contributed by atoms with Gasteiger partial charge in [0, 0.05) is 30.4 Å². The Balaban J connectivity index is 0.000000855. The number of likely N-dealkylation sites (tertiary alicyclic amines) is 1. The highest BCUT2D eigenvalue weighted by Gasteiger charge is 2.27. The Labute approximate surface area is 163 Å². The topological polar surface area (TPSA) is 62.4 Å². The van der Waals surface area contributed by atoms with Crippen molar-refractivity contribution in [2.45, 2.75) is 60.0 Å². The zero-order valence-electron chi connectivity index (χ0n) is 17.3. The highest BCUT2D eigenvalue weighted by Crippen LogP contribution is 2.21. The number of piperidine rings is 1. The van der Waals surface area contributed by atoms with Crippen LogP contribution in [0.25, 0.3) is 0 Å². The van der Waals surface area contributed by atoms with Crippen LogP contribution in [0.15, 0.2) is 46.9 Å². The van der Waals surface area contributed by atoms with Gasteiger partial charge in [-0.25, -0.2) is 0 Å². The third kappa shape index (κ3) is 7.08. The lowest BCUT2D eigenvalue weighted by molar-refractivity contribution is -0.129. The lowest BCUT2D eigenvalue weighted by atomic mass is 9.96. The van der Waals surface area contributed by atoms with Gasteiger partial charge in [0.2, 0.25) is 0 Å². The summed E-state index contributed by atoms with van der Waals surface area (Å²) < 4.78 is 5.84. The van der Waals surface area contributed by atoms with Crippen molar-refractivity contribution in [1.82, 2.24) is 9.88 Å². The van der Waals surface area contributed by atoms with E-state index in [0.29, 0.717) is 18.3 Å². The second-order valence-corrected chi connectivity index (χ2v) is 6.26. The van der Waals surface area contributed by atoms with Gasteiger partial charge in [0.05, 0.1) is 6.54 Å². The van der Waals surface area contributed by atoms with Crippen LogP contribution in [0.4, 0.5) is 0 Å². The maximum atomic E-state index is 12.6. The van der Waals surface area contributed by atoms with Gasteiger partial charge in [-0.2, -0.15) is 0 Å². The largest absolute Gasteiger partial charge is 0.474 e. The van der Waals surface area contributed by atoms with Crippen LogP contribution >= 0.6 is 0 Å². The van der Waals surface area contributed by atoms with Crippen LogP contribution in [0.1, 0.15) is 53.9 Å². The number of H-pyrrole nitrogens is 1. The van der Waals surface area contributed by atoms with E-state index in [1.165, 1.54) is 12.1 Å². The molecule has 1 N–H and O–H groups in total. The Morgan fingerprint density at radius 2 is 2.00 bits per heavy atom. The molecule has 1 fully saturated rings. The van der Waals surface area contributed by atoms with E-state index in [-0.39, 0.29) is 17.4 Å². The molecule has 1 aromatic rings. The van der Waals surface area contributed by atoms with Crippen LogP contribution < -0.4 is 10.2 Å². The number of ether oxygens (including phenoxy) is 1. The summed E-state index contributed by atoms with van der Waals surface area (Å²) in [6.45, 7) is 11.4. The fraction of sp³-hybridized carbons (Fsp3) is 0.545. The predicted octanol–water partition coefficient (Wildman–Crippen LogP) is 4.32. The van der Waals surface area contributed by atoms with Crippen molar-refractivity contribution >= 4 is 5.91 Å². The fourth-order valence-corrected chi connectivity index (χ4v) is 3.06. The van der Waals surface area contributed by atoms with E-state index < -0.39 is 0 Å². The molecular formula is C22H34N2O3. The van der Waals surface area contributed by atoms with Gasteiger partial charge in [0.15, 0.2) is 11.3 Å². The van der Waals surface area contributed by atoms with Crippen LogP contribution in [-0.4, -0.2) is 35.0 Å². The van der Waals surface area contributed by atoms with E-state index in [2.05, 4.69) is 18.0 Å². The molecule has 1 amide bonds. The molecule has 1 unspecified atom stereocenters. The second kappa shape index (κ2) is 12.2. The Morgan fingerprint density at radius 1 is 1.26 bits per heavy atom. The number of hydrogen-bond acceptors (Lipinski definition) is 3. The molecule has 0 saturated carbocycles. The maximum absolute atomic E-state index is 12.6. The second-order valence-electron chi connectivity index (χ2n) is 6.26. The van der Waals surface area contributed by atoms with Gasteiger partial charge in [-0.05, 0) is 25.2 Å². The van der Waals surface area contributed by atoms with Gasteiger partial charge in [0.25, 0.3) is 5.91 Å². The molecule has 1 saturated heterocycles. The van der Waals surface area contributed by atoms with Crippen molar-refractivity contribution in [2.75, 3.05) is 13.1 Å². The monoisotopic (exact) mass is 374 g/mol. The van der Waals surface area contributed by atoms with Crippen LogP contribution in [0.3, 0.4) is 0 Å². The zero-order chi connectivity index (χ0) is 20.2. The highest BCUT2D eigenvalue weighted by molar-refractivity contribution is 5.96. The molecule has 0 radical (unpaired) electrons. The Kier molecular flexibility index (Phi) is 10.2.